The van der Waals surface area contributed by atoms with E-state index in [2.05, 4.69) is 11.9 Å². The second-order valence-corrected chi connectivity index (χ2v) is 6.74. The zero-order chi connectivity index (χ0) is 15.7. The third kappa shape index (κ3) is 2.94. The number of amides is 1. The standard InChI is InChI=1S/C16H20N2O3S/c1-10-3-5-12(8-19)7-18(10)16(20)13-9-22-15(17-13)14-6-4-11(2)21-14/h4,6,9-10,12,19H,3,5,7-8H2,1-2H3. The van der Waals surface area contributed by atoms with E-state index in [1.165, 1.54) is 11.3 Å². The van der Waals surface area contributed by atoms with Crippen molar-refractivity contribution in [3.63, 3.8) is 0 Å². The molecule has 3 rings (SSSR count). The molecule has 0 radical (unpaired) electrons. The molecule has 22 heavy (non-hydrogen) atoms. The second kappa shape index (κ2) is 6.22. The van der Waals surface area contributed by atoms with E-state index in [0.717, 1.165) is 23.6 Å². The van der Waals surface area contributed by atoms with Crippen LogP contribution in [0.3, 0.4) is 0 Å². The Hall–Kier alpha value is -1.66. The van der Waals surface area contributed by atoms with Crippen molar-refractivity contribution in [1.29, 1.82) is 0 Å². The van der Waals surface area contributed by atoms with Gasteiger partial charge in [-0.1, -0.05) is 0 Å². The molecule has 1 aliphatic rings. The Morgan fingerprint density at radius 1 is 1.50 bits per heavy atom. The van der Waals surface area contributed by atoms with Gasteiger partial charge in [0.15, 0.2) is 10.8 Å². The lowest BCUT2D eigenvalue weighted by Gasteiger charge is -2.37. The molecule has 3 heterocycles. The summed E-state index contributed by atoms with van der Waals surface area (Å²) in [5, 5.41) is 11.8. The monoisotopic (exact) mass is 320 g/mol. The molecule has 2 aromatic heterocycles. The molecule has 0 saturated carbocycles. The van der Waals surface area contributed by atoms with E-state index in [9.17, 15) is 9.90 Å². The molecule has 6 heteroatoms. The largest absolute Gasteiger partial charge is 0.459 e. The predicted molar refractivity (Wildman–Crippen MR) is 84.9 cm³/mol. The molecule has 0 aromatic carbocycles. The smallest absolute Gasteiger partial charge is 0.273 e. The van der Waals surface area contributed by atoms with Gasteiger partial charge in [-0.3, -0.25) is 4.79 Å². The molecule has 2 unspecified atom stereocenters. The number of aryl methyl sites for hydroxylation is 1. The summed E-state index contributed by atoms with van der Waals surface area (Å²) in [5.41, 5.74) is 0.458. The Bertz CT molecular complexity index is 664. The van der Waals surface area contributed by atoms with Crippen LogP contribution in [0.5, 0.6) is 0 Å². The minimum absolute atomic E-state index is 0.0589. The summed E-state index contributed by atoms with van der Waals surface area (Å²) in [6.45, 7) is 4.66. The van der Waals surface area contributed by atoms with E-state index >= 15 is 0 Å². The molecule has 0 aliphatic carbocycles. The van der Waals surface area contributed by atoms with Gasteiger partial charge >= 0.3 is 0 Å². The SMILES string of the molecule is Cc1ccc(-c2nc(C(=O)N3CC(CO)CCC3C)cs2)o1. The fourth-order valence-electron chi connectivity index (χ4n) is 2.80. The first-order valence-electron chi connectivity index (χ1n) is 7.52. The number of nitrogens with zero attached hydrogens (tertiary/aromatic N) is 2. The van der Waals surface area contributed by atoms with E-state index < -0.39 is 0 Å². The van der Waals surface area contributed by atoms with Crippen molar-refractivity contribution in [2.45, 2.75) is 32.7 Å². The highest BCUT2D eigenvalue weighted by molar-refractivity contribution is 7.13. The number of furan rings is 1. The molecule has 2 aromatic rings. The normalized spacial score (nSPS) is 22.0. The molecule has 5 nitrogen and oxygen atoms in total. The first kappa shape index (κ1) is 15.2. The van der Waals surface area contributed by atoms with Crippen LogP contribution in [0.4, 0.5) is 0 Å². The number of hydrogen-bond donors (Lipinski definition) is 1. The Morgan fingerprint density at radius 2 is 2.32 bits per heavy atom. The molecular formula is C16H20N2O3S. The van der Waals surface area contributed by atoms with Gasteiger partial charge in [-0.15, -0.1) is 11.3 Å². The molecular weight excluding hydrogens is 300 g/mol. The second-order valence-electron chi connectivity index (χ2n) is 5.88. The Kier molecular flexibility index (Phi) is 4.31. The topological polar surface area (TPSA) is 66.6 Å². The zero-order valence-corrected chi connectivity index (χ0v) is 13.6. The number of piperidine rings is 1. The Balaban J connectivity index is 1.78. The molecule has 1 fully saturated rings. The van der Waals surface area contributed by atoms with E-state index in [0.29, 0.717) is 18.0 Å². The van der Waals surface area contributed by atoms with Crippen LogP contribution in [-0.2, 0) is 0 Å². The highest BCUT2D eigenvalue weighted by Crippen LogP contribution is 2.28. The maximum absolute atomic E-state index is 12.7. The number of hydrogen-bond acceptors (Lipinski definition) is 5. The van der Waals surface area contributed by atoms with Crippen LogP contribution >= 0.6 is 11.3 Å². The number of aliphatic hydroxyl groups is 1. The summed E-state index contributed by atoms with van der Waals surface area (Å²) in [7, 11) is 0. The quantitative estimate of drug-likeness (QED) is 0.944. The number of rotatable bonds is 3. The van der Waals surface area contributed by atoms with Gasteiger partial charge in [-0.25, -0.2) is 4.98 Å². The zero-order valence-electron chi connectivity index (χ0n) is 12.8. The van der Waals surface area contributed by atoms with Gasteiger partial charge in [0.2, 0.25) is 0 Å². The van der Waals surface area contributed by atoms with Gasteiger partial charge in [-0.2, -0.15) is 0 Å². The minimum Gasteiger partial charge on any atom is -0.459 e. The van der Waals surface area contributed by atoms with Crippen LogP contribution in [0.1, 0.15) is 36.0 Å². The average molecular weight is 320 g/mol. The van der Waals surface area contributed by atoms with Crippen molar-refractivity contribution in [2.75, 3.05) is 13.2 Å². The Labute approximate surface area is 133 Å². The van der Waals surface area contributed by atoms with Crippen LogP contribution in [0, 0.1) is 12.8 Å². The first-order valence-corrected chi connectivity index (χ1v) is 8.40. The average Bonchev–Trinajstić information content (AvgIpc) is 3.16. The lowest BCUT2D eigenvalue weighted by molar-refractivity contribution is 0.0484. The van der Waals surface area contributed by atoms with Crippen LogP contribution in [0.15, 0.2) is 21.9 Å². The number of thiazole rings is 1. The van der Waals surface area contributed by atoms with Crippen LogP contribution in [0.25, 0.3) is 10.8 Å². The molecule has 0 spiro atoms. The van der Waals surface area contributed by atoms with Crippen molar-refractivity contribution in [3.8, 4) is 10.8 Å². The number of likely N-dealkylation sites (tertiary alicyclic amines) is 1. The lowest BCUT2D eigenvalue weighted by Crippen LogP contribution is -2.46. The van der Waals surface area contributed by atoms with Crippen molar-refractivity contribution in [2.24, 2.45) is 5.92 Å². The summed E-state index contributed by atoms with van der Waals surface area (Å²) in [4.78, 5) is 18.9. The van der Waals surface area contributed by atoms with Crippen molar-refractivity contribution < 1.29 is 14.3 Å². The van der Waals surface area contributed by atoms with Crippen molar-refractivity contribution >= 4 is 17.2 Å². The van der Waals surface area contributed by atoms with Gasteiger partial charge < -0.3 is 14.4 Å². The number of carbonyl (C=O) groups is 1. The fourth-order valence-corrected chi connectivity index (χ4v) is 3.55. The molecule has 1 aliphatic heterocycles. The molecule has 1 amide bonds. The molecule has 1 N–H and O–H groups in total. The lowest BCUT2D eigenvalue weighted by atomic mass is 9.94. The van der Waals surface area contributed by atoms with Crippen molar-refractivity contribution in [3.05, 3.63) is 29.0 Å². The highest BCUT2D eigenvalue weighted by atomic mass is 32.1. The number of carbonyl (C=O) groups excluding carboxylic acids is 1. The van der Waals surface area contributed by atoms with Crippen LogP contribution in [-0.4, -0.2) is 40.1 Å². The third-order valence-electron chi connectivity index (χ3n) is 4.17. The Morgan fingerprint density at radius 3 is 3.00 bits per heavy atom. The van der Waals surface area contributed by atoms with Gasteiger partial charge in [0.05, 0.1) is 0 Å². The summed E-state index contributed by atoms with van der Waals surface area (Å²) < 4.78 is 5.55. The fraction of sp³-hybridized carbons (Fsp3) is 0.500. The summed E-state index contributed by atoms with van der Waals surface area (Å²) in [6.07, 6.45) is 1.89. The van der Waals surface area contributed by atoms with E-state index in [4.69, 9.17) is 4.42 Å². The predicted octanol–water partition coefficient (Wildman–Crippen LogP) is 2.94. The molecule has 1 saturated heterocycles. The van der Waals surface area contributed by atoms with Gasteiger partial charge in [-0.05, 0) is 44.7 Å². The summed E-state index contributed by atoms with van der Waals surface area (Å²) >= 11 is 1.41. The van der Waals surface area contributed by atoms with Gasteiger partial charge in [0.25, 0.3) is 5.91 Å². The summed E-state index contributed by atoms with van der Waals surface area (Å²) in [5.74, 6) is 1.64. The van der Waals surface area contributed by atoms with Gasteiger partial charge in [0.1, 0.15) is 11.5 Å². The molecule has 0 bridgehead atoms. The van der Waals surface area contributed by atoms with E-state index in [1.807, 2.05) is 24.0 Å². The first-order chi connectivity index (χ1) is 10.6. The molecule has 2 atom stereocenters. The van der Waals surface area contributed by atoms with Crippen LogP contribution < -0.4 is 0 Å². The van der Waals surface area contributed by atoms with Crippen LogP contribution in [0.2, 0.25) is 0 Å². The third-order valence-corrected chi connectivity index (χ3v) is 5.03. The van der Waals surface area contributed by atoms with Crippen molar-refractivity contribution in [1.82, 2.24) is 9.88 Å². The molecule has 118 valence electrons. The number of aliphatic hydroxyl groups excluding tert-OH is 1. The maximum atomic E-state index is 12.7. The maximum Gasteiger partial charge on any atom is 0.273 e. The van der Waals surface area contributed by atoms with E-state index in [-0.39, 0.29) is 24.5 Å². The van der Waals surface area contributed by atoms with E-state index in [1.54, 1.807) is 5.38 Å². The minimum atomic E-state index is -0.0589. The number of aromatic nitrogens is 1. The summed E-state index contributed by atoms with van der Waals surface area (Å²) in [6, 6.07) is 3.94. The highest BCUT2D eigenvalue weighted by Gasteiger charge is 2.30. The van der Waals surface area contributed by atoms with Gasteiger partial charge in [0, 0.05) is 24.6 Å².